The number of aryl methyl sites for hydroxylation is 2. The Hall–Kier alpha value is -2.96. The van der Waals surface area contributed by atoms with Gasteiger partial charge < -0.3 is 10.3 Å². The normalized spacial score (nSPS) is 10.3. The van der Waals surface area contributed by atoms with Gasteiger partial charge in [-0.15, -0.1) is 0 Å². The molecule has 0 fully saturated rings. The molecule has 7 heteroatoms. The van der Waals surface area contributed by atoms with E-state index >= 15 is 0 Å². The highest BCUT2D eigenvalue weighted by molar-refractivity contribution is 6.00. The fourth-order valence-electron chi connectivity index (χ4n) is 2.00. The lowest BCUT2D eigenvalue weighted by Crippen LogP contribution is -2.26. The summed E-state index contributed by atoms with van der Waals surface area (Å²) >= 11 is 0. The van der Waals surface area contributed by atoms with Crippen molar-refractivity contribution in [2.24, 2.45) is 0 Å². The van der Waals surface area contributed by atoms with Crippen LogP contribution >= 0.6 is 0 Å². The van der Waals surface area contributed by atoms with Gasteiger partial charge in [0, 0.05) is 24.6 Å². The third-order valence-electron chi connectivity index (χ3n) is 3.50. The molecule has 0 saturated carbocycles. The first-order chi connectivity index (χ1) is 10.9. The number of nitrogens with one attached hydrogen (secondary N) is 3. The molecule has 2 aromatic rings. The Kier molecular flexibility index (Phi) is 4.90. The van der Waals surface area contributed by atoms with Gasteiger partial charge in [0.15, 0.2) is 5.78 Å². The third kappa shape index (κ3) is 4.26. The number of amides is 1. The first kappa shape index (κ1) is 16.4. The average Bonchev–Trinajstić information content (AvgIpc) is 2.50. The minimum Gasteiger partial charge on any atom is -0.320 e. The number of H-pyrrole nitrogens is 2. The lowest BCUT2D eigenvalue weighted by atomic mass is 10.0. The van der Waals surface area contributed by atoms with E-state index in [-0.39, 0.29) is 24.3 Å². The lowest BCUT2D eigenvalue weighted by molar-refractivity contribution is -0.116. The Morgan fingerprint density at radius 2 is 1.83 bits per heavy atom. The van der Waals surface area contributed by atoms with Crippen LogP contribution in [0.4, 0.5) is 5.69 Å². The van der Waals surface area contributed by atoms with Crippen molar-refractivity contribution in [3.8, 4) is 0 Å². The molecule has 0 bridgehead atoms. The summed E-state index contributed by atoms with van der Waals surface area (Å²) < 4.78 is 0. The Balaban J connectivity index is 1.95. The number of rotatable bonds is 5. The molecule has 23 heavy (non-hydrogen) atoms. The molecular weight excluding hydrogens is 298 g/mol. The van der Waals surface area contributed by atoms with Crippen LogP contribution in [-0.2, 0) is 4.79 Å². The zero-order valence-electron chi connectivity index (χ0n) is 12.9. The predicted octanol–water partition coefficient (Wildman–Crippen LogP) is 1.28. The molecule has 0 atom stereocenters. The summed E-state index contributed by atoms with van der Waals surface area (Å²) in [5.74, 6) is -0.613. The summed E-state index contributed by atoms with van der Waals surface area (Å²) in [6.07, 6.45) is 1.10. The second-order valence-corrected chi connectivity index (χ2v) is 5.26. The number of hydrogen-bond acceptors (Lipinski definition) is 4. The SMILES string of the molecule is Cc1ccc(C(=O)CCC(=O)Nc2c[nH]c(=O)[nH]c2=O)cc1C. The molecule has 1 heterocycles. The first-order valence-electron chi connectivity index (χ1n) is 7.09. The van der Waals surface area contributed by atoms with Gasteiger partial charge in [-0.05, 0) is 31.0 Å². The van der Waals surface area contributed by atoms with E-state index < -0.39 is 17.2 Å². The smallest absolute Gasteiger partial charge is 0.320 e. The van der Waals surface area contributed by atoms with Crippen LogP contribution in [0.2, 0.25) is 0 Å². The molecule has 0 aliphatic carbocycles. The molecule has 0 unspecified atom stereocenters. The van der Waals surface area contributed by atoms with E-state index in [1.165, 1.54) is 0 Å². The maximum atomic E-state index is 12.1. The lowest BCUT2D eigenvalue weighted by Gasteiger charge is -2.05. The number of carbonyl (C=O) groups excluding carboxylic acids is 2. The highest BCUT2D eigenvalue weighted by Gasteiger charge is 2.11. The van der Waals surface area contributed by atoms with Crippen LogP contribution in [0.5, 0.6) is 0 Å². The Bertz CT molecular complexity index is 864. The van der Waals surface area contributed by atoms with Crippen LogP contribution in [0, 0.1) is 13.8 Å². The van der Waals surface area contributed by atoms with Gasteiger partial charge >= 0.3 is 5.69 Å². The predicted molar refractivity (Wildman–Crippen MR) is 85.8 cm³/mol. The largest absolute Gasteiger partial charge is 0.325 e. The number of anilines is 1. The maximum Gasteiger partial charge on any atom is 0.325 e. The van der Waals surface area contributed by atoms with Crippen LogP contribution in [0.15, 0.2) is 34.0 Å². The Morgan fingerprint density at radius 3 is 2.48 bits per heavy atom. The van der Waals surface area contributed by atoms with Gasteiger partial charge in [0.05, 0.1) is 0 Å². The van der Waals surface area contributed by atoms with Crippen molar-refractivity contribution < 1.29 is 9.59 Å². The van der Waals surface area contributed by atoms with Crippen LogP contribution in [0.25, 0.3) is 0 Å². The number of aromatic nitrogens is 2. The topological polar surface area (TPSA) is 112 Å². The van der Waals surface area contributed by atoms with E-state index in [0.717, 1.165) is 17.3 Å². The van der Waals surface area contributed by atoms with E-state index in [1.54, 1.807) is 12.1 Å². The second kappa shape index (κ2) is 6.87. The fraction of sp³-hybridized carbons (Fsp3) is 0.250. The molecule has 7 nitrogen and oxygen atoms in total. The standard InChI is InChI=1S/C16H17N3O4/c1-9-3-4-11(7-10(9)2)13(20)5-6-14(21)18-12-8-17-16(23)19-15(12)22/h3-4,7-8H,5-6H2,1-2H3,(H,18,21)(H2,17,19,22,23). The summed E-state index contributed by atoms with van der Waals surface area (Å²) in [6, 6.07) is 5.39. The van der Waals surface area contributed by atoms with Crippen LogP contribution in [0.1, 0.15) is 34.3 Å². The summed E-state index contributed by atoms with van der Waals surface area (Å²) in [6.45, 7) is 3.88. The molecule has 2 rings (SSSR count). The van der Waals surface area contributed by atoms with Crippen molar-refractivity contribution in [1.29, 1.82) is 0 Å². The van der Waals surface area contributed by atoms with E-state index in [0.29, 0.717) is 5.56 Å². The van der Waals surface area contributed by atoms with E-state index in [4.69, 9.17) is 0 Å². The highest BCUT2D eigenvalue weighted by Crippen LogP contribution is 2.12. The maximum absolute atomic E-state index is 12.1. The average molecular weight is 315 g/mol. The van der Waals surface area contributed by atoms with Crippen LogP contribution in [0.3, 0.4) is 0 Å². The van der Waals surface area contributed by atoms with E-state index in [1.807, 2.05) is 24.9 Å². The number of Topliss-reactive ketones (excluding diaryl/α,β-unsaturated/α-hetero) is 1. The molecule has 0 aliphatic heterocycles. The van der Waals surface area contributed by atoms with Gasteiger partial charge in [0.2, 0.25) is 5.91 Å². The molecule has 1 amide bonds. The quantitative estimate of drug-likeness (QED) is 0.721. The molecular formula is C16H17N3O4. The molecule has 0 saturated heterocycles. The number of ketones is 1. The number of aromatic amines is 2. The Labute approximate surface area is 131 Å². The van der Waals surface area contributed by atoms with Gasteiger partial charge in [0.1, 0.15) is 5.69 Å². The van der Waals surface area contributed by atoms with Crippen molar-refractivity contribution in [2.45, 2.75) is 26.7 Å². The van der Waals surface area contributed by atoms with Crippen molar-refractivity contribution in [3.05, 3.63) is 61.9 Å². The van der Waals surface area contributed by atoms with E-state index in [2.05, 4.69) is 10.3 Å². The summed E-state index contributed by atoms with van der Waals surface area (Å²) in [4.78, 5) is 50.5. The summed E-state index contributed by atoms with van der Waals surface area (Å²) in [5.41, 5.74) is 1.26. The number of hydrogen-bond donors (Lipinski definition) is 3. The molecule has 0 spiro atoms. The van der Waals surface area contributed by atoms with Crippen molar-refractivity contribution >= 4 is 17.4 Å². The third-order valence-corrected chi connectivity index (χ3v) is 3.50. The van der Waals surface area contributed by atoms with Gasteiger partial charge in [0.25, 0.3) is 5.56 Å². The van der Waals surface area contributed by atoms with Crippen LogP contribution in [-0.4, -0.2) is 21.7 Å². The van der Waals surface area contributed by atoms with E-state index in [9.17, 15) is 19.2 Å². The highest BCUT2D eigenvalue weighted by atomic mass is 16.2. The number of benzene rings is 1. The minimum atomic E-state index is -0.692. The molecule has 0 radical (unpaired) electrons. The van der Waals surface area contributed by atoms with Gasteiger partial charge in [-0.1, -0.05) is 12.1 Å². The van der Waals surface area contributed by atoms with Crippen molar-refractivity contribution in [3.63, 3.8) is 0 Å². The molecule has 120 valence electrons. The molecule has 1 aromatic heterocycles. The van der Waals surface area contributed by atoms with Gasteiger partial charge in [-0.3, -0.25) is 19.4 Å². The fourth-order valence-corrected chi connectivity index (χ4v) is 2.00. The van der Waals surface area contributed by atoms with Crippen LogP contribution < -0.4 is 16.6 Å². The summed E-state index contributed by atoms with van der Waals surface area (Å²) in [7, 11) is 0. The summed E-state index contributed by atoms with van der Waals surface area (Å²) in [5, 5.41) is 2.36. The zero-order chi connectivity index (χ0) is 17.0. The monoisotopic (exact) mass is 315 g/mol. The Morgan fingerprint density at radius 1 is 1.09 bits per heavy atom. The first-order valence-corrected chi connectivity index (χ1v) is 7.09. The minimum absolute atomic E-state index is 0.0373. The molecule has 1 aromatic carbocycles. The second-order valence-electron chi connectivity index (χ2n) is 5.26. The zero-order valence-corrected chi connectivity index (χ0v) is 12.9. The molecule has 3 N–H and O–H groups in total. The van der Waals surface area contributed by atoms with Crippen molar-refractivity contribution in [1.82, 2.24) is 9.97 Å². The number of carbonyl (C=O) groups is 2. The van der Waals surface area contributed by atoms with Crippen molar-refractivity contribution in [2.75, 3.05) is 5.32 Å². The van der Waals surface area contributed by atoms with Gasteiger partial charge in [-0.25, -0.2) is 4.79 Å². The molecule has 0 aliphatic rings. The van der Waals surface area contributed by atoms with Gasteiger partial charge in [-0.2, -0.15) is 0 Å².